The van der Waals surface area contributed by atoms with E-state index in [9.17, 15) is 19.5 Å². The summed E-state index contributed by atoms with van der Waals surface area (Å²) in [7, 11) is 0. The maximum atomic E-state index is 12.8. The van der Waals surface area contributed by atoms with Crippen LogP contribution in [-0.2, 0) is 14.3 Å². The second-order valence-electron chi connectivity index (χ2n) is 7.89. The molecule has 164 valence electrons. The molecule has 0 spiro atoms. The van der Waals surface area contributed by atoms with Gasteiger partial charge in [-0.2, -0.15) is 0 Å². The molecule has 0 saturated carbocycles. The van der Waals surface area contributed by atoms with Crippen LogP contribution in [-0.4, -0.2) is 52.4 Å². The Morgan fingerprint density at radius 3 is 2.03 bits per heavy atom. The Kier molecular flexibility index (Phi) is 6.91. The molecule has 0 heterocycles. The van der Waals surface area contributed by atoms with Gasteiger partial charge in [-0.25, -0.2) is 20.0 Å². The molecule has 1 amide bonds. The van der Waals surface area contributed by atoms with Crippen molar-refractivity contribution in [2.75, 3.05) is 13.2 Å². The number of rotatable bonds is 9. The summed E-state index contributed by atoms with van der Waals surface area (Å²) in [5, 5.41) is 19.4. The van der Waals surface area contributed by atoms with E-state index in [0.29, 0.717) is 0 Å². The summed E-state index contributed by atoms with van der Waals surface area (Å²) in [6.45, 7) is 3.05. The molecule has 0 bridgehead atoms. The maximum Gasteiger partial charge on any atom is 0.425 e. The van der Waals surface area contributed by atoms with Gasteiger partial charge in [0.25, 0.3) is 0 Å². The number of carbonyl (C=O) groups is 3. The molecule has 0 radical (unpaired) electrons. The zero-order valence-corrected chi connectivity index (χ0v) is 17.4. The largest absolute Gasteiger partial charge is 0.480 e. The van der Waals surface area contributed by atoms with Crippen molar-refractivity contribution < 1.29 is 29.3 Å². The lowest BCUT2D eigenvalue weighted by atomic mass is 9.98. The van der Waals surface area contributed by atoms with Crippen molar-refractivity contribution in [1.82, 2.24) is 10.4 Å². The summed E-state index contributed by atoms with van der Waals surface area (Å²) in [6, 6.07) is 14.5. The van der Waals surface area contributed by atoms with Crippen molar-refractivity contribution >= 4 is 18.0 Å². The summed E-state index contributed by atoms with van der Waals surface area (Å²) < 4.78 is 5.52. The highest BCUT2D eigenvalue weighted by Gasteiger charge is 2.34. The van der Waals surface area contributed by atoms with Crippen LogP contribution >= 0.6 is 0 Å². The zero-order valence-electron chi connectivity index (χ0n) is 17.4. The van der Waals surface area contributed by atoms with E-state index in [1.807, 2.05) is 62.4 Å². The van der Waals surface area contributed by atoms with Crippen LogP contribution in [0.5, 0.6) is 0 Å². The summed E-state index contributed by atoms with van der Waals surface area (Å²) in [4.78, 5) is 35.6. The summed E-state index contributed by atoms with van der Waals surface area (Å²) in [5.74, 6) is -2.67. The zero-order chi connectivity index (χ0) is 22.5. The van der Waals surface area contributed by atoms with Crippen molar-refractivity contribution in [2.24, 2.45) is 5.92 Å². The fourth-order valence-electron chi connectivity index (χ4n) is 3.88. The molecule has 8 heteroatoms. The topological polar surface area (TPSA) is 116 Å². The van der Waals surface area contributed by atoms with Gasteiger partial charge in [0.15, 0.2) is 0 Å². The number of hydrogen-bond donors (Lipinski definition) is 3. The fraction of sp³-hybridized carbons (Fsp3) is 0.348. The number of ether oxygens (including phenoxy) is 1. The van der Waals surface area contributed by atoms with Crippen molar-refractivity contribution in [1.29, 1.82) is 0 Å². The average molecular weight is 426 g/mol. The van der Waals surface area contributed by atoms with Crippen LogP contribution in [0.4, 0.5) is 4.79 Å². The number of amides is 1. The number of hydrazine groups is 1. The second kappa shape index (κ2) is 9.61. The predicted octanol–water partition coefficient (Wildman–Crippen LogP) is 3.33. The quantitative estimate of drug-likeness (QED) is 0.527. The van der Waals surface area contributed by atoms with E-state index in [1.54, 1.807) is 0 Å². The van der Waals surface area contributed by atoms with Gasteiger partial charge in [0.2, 0.25) is 0 Å². The molecule has 1 atom stereocenters. The minimum absolute atomic E-state index is 0.00608. The van der Waals surface area contributed by atoms with Crippen molar-refractivity contribution in [3.05, 3.63) is 59.7 Å². The third kappa shape index (κ3) is 5.03. The van der Waals surface area contributed by atoms with Crippen LogP contribution < -0.4 is 5.43 Å². The Balaban J connectivity index is 1.80. The van der Waals surface area contributed by atoms with Gasteiger partial charge in [-0.05, 0) is 34.6 Å². The molecular formula is C23H26N2O6. The number of carbonyl (C=O) groups excluding carboxylic acids is 1. The Hall–Kier alpha value is -3.39. The van der Waals surface area contributed by atoms with Crippen LogP contribution in [0.3, 0.4) is 0 Å². The number of fused-ring (bicyclic) bond motifs is 3. The Morgan fingerprint density at radius 2 is 1.55 bits per heavy atom. The number of benzene rings is 2. The monoisotopic (exact) mass is 426 g/mol. The van der Waals surface area contributed by atoms with Gasteiger partial charge in [0.05, 0.1) is 0 Å². The van der Waals surface area contributed by atoms with Gasteiger partial charge in [0.1, 0.15) is 19.2 Å². The first-order valence-corrected chi connectivity index (χ1v) is 10.1. The molecule has 31 heavy (non-hydrogen) atoms. The van der Waals surface area contributed by atoms with Crippen molar-refractivity contribution in [3.63, 3.8) is 0 Å². The Morgan fingerprint density at radius 1 is 1.00 bits per heavy atom. The maximum absolute atomic E-state index is 12.8. The van der Waals surface area contributed by atoms with Gasteiger partial charge in [-0.3, -0.25) is 4.79 Å². The van der Waals surface area contributed by atoms with Crippen LogP contribution in [0, 0.1) is 5.92 Å². The highest BCUT2D eigenvalue weighted by Crippen LogP contribution is 2.44. The highest BCUT2D eigenvalue weighted by molar-refractivity contribution is 5.81. The van der Waals surface area contributed by atoms with Gasteiger partial charge in [0, 0.05) is 5.92 Å². The lowest BCUT2D eigenvalue weighted by Gasteiger charge is -2.29. The average Bonchev–Trinajstić information content (AvgIpc) is 3.05. The standard InChI is InChI=1S/C23H26N2O6/c1-14(2)11-20(22(28)29)25(24-12-21(26)27)23(30)31-13-19-17-9-5-3-7-15(17)16-8-4-6-10-18(16)19/h3-10,14,19-20,24H,11-13H2,1-2H3,(H,26,27)(H,28,29)/t20-/m0/s1. The smallest absolute Gasteiger partial charge is 0.425 e. The lowest BCUT2D eigenvalue weighted by Crippen LogP contribution is -2.54. The number of aliphatic carboxylic acids is 2. The van der Waals surface area contributed by atoms with E-state index in [-0.39, 0.29) is 24.9 Å². The third-order valence-electron chi connectivity index (χ3n) is 5.22. The van der Waals surface area contributed by atoms with Crippen molar-refractivity contribution in [2.45, 2.75) is 32.2 Å². The molecule has 3 N–H and O–H groups in total. The summed E-state index contributed by atoms with van der Waals surface area (Å²) in [5.41, 5.74) is 6.60. The fourth-order valence-corrected chi connectivity index (χ4v) is 3.88. The predicted molar refractivity (Wildman–Crippen MR) is 113 cm³/mol. The number of carboxylic acid groups (broad SMARTS) is 2. The summed E-state index contributed by atoms with van der Waals surface area (Å²) >= 11 is 0. The van der Waals surface area contributed by atoms with E-state index < -0.39 is 30.6 Å². The molecule has 8 nitrogen and oxygen atoms in total. The molecule has 0 aliphatic heterocycles. The SMILES string of the molecule is CC(C)C[C@@H](C(=O)O)N(NCC(=O)O)C(=O)OCC1c2ccccc2-c2ccccc21. The molecule has 0 aromatic heterocycles. The summed E-state index contributed by atoms with van der Waals surface area (Å²) in [6.07, 6.45) is -0.775. The Bertz CT molecular complexity index is 929. The van der Waals surface area contributed by atoms with Crippen LogP contribution in [0.1, 0.15) is 37.3 Å². The van der Waals surface area contributed by atoms with Gasteiger partial charge < -0.3 is 14.9 Å². The first kappa shape index (κ1) is 22.3. The molecule has 2 aromatic carbocycles. The third-order valence-corrected chi connectivity index (χ3v) is 5.22. The minimum atomic E-state index is -1.25. The molecule has 0 fully saturated rings. The van der Waals surface area contributed by atoms with E-state index in [4.69, 9.17) is 9.84 Å². The number of carboxylic acids is 2. The van der Waals surface area contributed by atoms with Crippen LogP contribution in [0.2, 0.25) is 0 Å². The molecule has 0 saturated heterocycles. The molecule has 0 unspecified atom stereocenters. The lowest BCUT2D eigenvalue weighted by molar-refractivity contribution is -0.146. The molecule has 2 aromatic rings. The first-order chi connectivity index (χ1) is 14.8. The highest BCUT2D eigenvalue weighted by atomic mass is 16.6. The van der Waals surface area contributed by atoms with Gasteiger partial charge in [-0.1, -0.05) is 62.4 Å². The molecular weight excluding hydrogens is 400 g/mol. The van der Waals surface area contributed by atoms with E-state index in [1.165, 1.54) is 0 Å². The van der Waals surface area contributed by atoms with Gasteiger partial charge in [-0.15, -0.1) is 0 Å². The van der Waals surface area contributed by atoms with Crippen LogP contribution in [0.25, 0.3) is 11.1 Å². The molecule has 1 aliphatic rings. The first-order valence-electron chi connectivity index (χ1n) is 10.1. The second-order valence-corrected chi connectivity index (χ2v) is 7.89. The normalized spacial score (nSPS) is 13.4. The number of nitrogens with one attached hydrogen (secondary N) is 1. The van der Waals surface area contributed by atoms with Crippen LogP contribution in [0.15, 0.2) is 48.5 Å². The van der Waals surface area contributed by atoms with E-state index in [0.717, 1.165) is 27.3 Å². The van der Waals surface area contributed by atoms with Gasteiger partial charge >= 0.3 is 18.0 Å². The van der Waals surface area contributed by atoms with Crippen molar-refractivity contribution in [3.8, 4) is 11.1 Å². The Labute approximate surface area is 180 Å². The molecule has 1 aliphatic carbocycles. The van der Waals surface area contributed by atoms with E-state index in [2.05, 4.69) is 5.43 Å². The van der Waals surface area contributed by atoms with E-state index >= 15 is 0 Å². The number of nitrogens with zero attached hydrogens (tertiary/aromatic N) is 1. The minimum Gasteiger partial charge on any atom is -0.480 e. The molecule has 3 rings (SSSR count). The number of hydrogen-bond acceptors (Lipinski definition) is 5.